The van der Waals surface area contributed by atoms with E-state index >= 15 is 0 Å². The number of hydrogen-bond donors (Lipinski definition) is 3. The monoisotopic (exact) mass is 273 g/mol. The van der Waals surface area contributed by atoms with Crippen LogP contribution in [0, 0.1) is 0 Å². The van der Waals surface area contributed by atoms with Gasteiger partial charge in [0.05, 0.1) is 12.7 Å². The van der Waals surface area contributed by atoms with Crippen molar-refractivity contribution in [1.29, 1.82) is 0 Å². The lowest BCUT2D eigenvalue weighted by atomic mass is 10.1. The largest absolute Gasteiger partial charge is 0.465 e. The van der Waals surface area contributed by atoms with Crippen LogP contribution in [0.3, 0.4) is 0 Å². The van der Waals surface area contributed by atoms with Crippen molar-refractivity contribution in [3.63, 3.8) is 0 Å². The van der Waals surface area contributed by atoms with E-state index in [1.807, 2.05) is 0 Å². The molecule has 18 heavy (non-hydrogen) atoms. The molecule has 1 aromatic heterocycles. The van der Waals surface area contributed by atoms with E-state index in [9.17, 15) is 19.8 Å². The molecule has 0 aliphatic rings. The molecule has 1 aromatic rings. The summed E-state index contributed by atoms with van der Waals surface area (Å²) in [5.41, 5.74) is 0.322. The third kappa shape index (κ3) is 3.80. The number of nitrogens with one attached hydrogen (secondary N) is 1. The minimum atomic E-state index is -1.15. The second-order valence-corrected chi connectivity index (χ2v) is 4.62. The summed E-state index contributed by atoms with van der Waals surface area (Å²) in [6, 6.07) is 1.46. The summed E-state index contributed by atoms with van der Waals surface area (Å²) in [7, 11) is 1.27. The lowest BCUT2D eigenvalue weighted by Gasteiger charge is -2.16. The zero-order chi connectivity index (χ0) is 13.7. The summed E-state index contributed by atoms with van der Waals surface area (Å²) in [5, 5.41) is 23.4. The van der Waals surface area contributed by atoms with E-state index in [-0.39, 0.29) is 12.5 Å². The maximum Gasteiger partial charge on any atom is 0.338 e. The number of carbonyl (C=O) groups is 2. The number of carbonyl (C=O) groups excluding carboxylic acids is 2. The van der Waals surface area contributed by atoms with Gasteiger partial charge in [0.25, 0.3) is 0 Å². The van der Waals surface area contributed by atoms with Crippen LogP contribution in [0.2, 0.25) is 0 Å². The van der Waals surface area contributed by atoms with Crippen LogP contribution in [0.1, 0.15) is 28.3 Å². The summed E-state index contributed by atoms with van der Waals surface area (Å²) in [6.45, 7) is 1.27. The van der Waals surface area contributed by atoms with Gasteiger partial charge >= 0.3 is 5.97 Å². The van der Waals surface area contributed by atoms with Gasteiger partial charge in [0.1, 0.15) is 12.2 Å². The summed E-state index contributed by atoms with van der Waals surface area (Å²) in [5.74, 6) is -0.788. The van der Waals surface area contributed by atoms with Crippen LogP contribution in [0.5, 0.6) is 0 Å². The van der Waals surface area contributed by atoms with Gasteiger partial charge < -0.3 is 20.3 Å². The quantitative estimate of drug-likeness (QED) is 0.660. The molecule has 0 fully saturated rings. The number of hydrogen-bond acceptors (Lipinski definition) is 6. The van der Waals surface area contributed by atoms with Gasteiger partial charge in [0, 0.05) is 23.7 Å². The van der Waals surface area contributed by atoms with Crippen molar-refractivity contribution in [3.05, 3.63) is 21.9 Å². The first kappa shape index (κ1) is 14.6. The molecule has 0 bridgehead atoms. The maximum atomic E-state index is 11.2. The van der Waals surface area contributed by atoms with Crippen LogP contribution in [0.4, 0.5) is 0 Å². The van der Waals surface area contributed by atoms with Gasteiger partial charge in [-0.15, -0.1) is 11.3 Å². The summed E-state index contributed by atoms with van der Waals surface area (Å²) in [6.07, 6.45) is -2.28. The minimum Gasteiger partial charge on any atom is -0.465 e. The van der Waals surface area contributed by atoms with Gasteiger partial charge in [-0.3, -0.25) is 4.79 Å². The highest BCUT2D eigenvalue weighted by atomic mass is 32.1. The van der Waals surface area contributed by atoms with Gasteiger partial charge in [-0.1, -0.05) is 0 Å². The molecule has 1 rings (SSSR count). The normalized spacial score (nSPS) is 13.8. The van der Waals surface area contributed by atoms with E-state index < -0.39 is 18.2 Å². The number of thiophene rings is 1. The topological polar surface area (TPSA) is 95.9 Å². The average Bonchev–Trinajstić information content (AvgIpc) is 2.83. The fraction of sp³-hybridized carbons (Fsp3) is 0.455. The first-order valence-electron chi connectivity index (χ1n) is 5.23. The number of rotatable bonds is 5. The Morgan fingerprint density at radius 1 is 1.50 bits per heavy atom. The fourth-order valence-corrected chi connectivity index (χ4v) is 2.20. The van der Waals surface area contributed by atoms with E-state index in [0.717, 1.165) is 11.3 Å². The van der Waals surface area contributed by atoms with E-state index in [0.29, 0.717) is 10.4 Å². The average molecular weight is 273 g/mol. The number of aliphatic hydroxyl groups is 2. The molecule has 1 amide bonds. The second kappa shape index (κ2) is 6.48. The Bertz CT molecular complexity index is 431. The summed E-state index contributed by atoms with van der Waals surface area (Å²) in [4.78, 5) is 22.3. The molecular weight excluding hydrogens is 258 g/mol. The van der Waals surface area contributed by atoms with Crippen LogP contribution >= 0.6 is 11.3 Å². The van der Waals surface area contributed by atoms with E-state index in [1.165, 1.54) is 25.5 Å². The van der Waals surface area contributed by atoms with Crippen molar-refractivity contribution in [2.75, 3.05) is 13.7 Å². The smallest absolute Gasteiger partial charge is 0.338 e. The standard InChI is InChI=1S/C11H15NO5S/c1-6(13)12-4-8(14)10(15)9-3-7(5-18-9)11(16)17-2/h3,5,8,10,14-15H,4H2,1-2H3,(H,12,13). The van der Waals surface area contributed by atoms with E-state index in [2.05, 4.69) is 10.1 Å². The van der Waals surface area contributed by atoms with Crippen molar-refractivity contribution in [2.24, 2.45) is 0 Å². The molecule has 0 aromatic carbocycles. The Morgan fingerprint density at radius 3 is 2.72 bits per heavy atom. The highest BCUT2D eigenvalue weighted by molar-refractivity contribution is 7.10. The predicted octanol–water partition coefficient (Wildman–Crippen LogP) is 0.0651. The Kier molecular flexibility index (Phi) is 5.26. The summed E-state index contributed by atoms with van der Waals surface area (Å²) < 4.78 is 4.54. The van der Waals surface area contributed by atoms with Crippen molar-refractivity contribution in [3.8, 4) is 0 Å². The Balaban J connectivity index is 2.65. The molecule has 1 heterocycles. The number of aliphatic hydroxyl groups excluding tert-OH is 2. The SMILES string of the molecule is COC(=O)c1csc(C(O)C(O)CNC(C)=O)c1. The van der Waals surface area contributed by atoms with Gasteiger partial charge in [0.15, 0.2) is 0 Å². The summed E-state index contributed by atoms with van der Waals surface area (Å²) >= 11 is 1.14. The molecule has 0 saturated carbocycles. The van der Waals surface area contributed by atoms with Gasteiger partial charge in [-0.2, -0.15) is 0 Å². The lowest BCUT2D eigenvalue weighted by molar-refractivity contribution is -0.119. The highest BCUT2D eigenvalue weighted by Gasteiger charge is 2.21. The molecule has 2 unspecified atom stereocenters. The number of ether oxygens (including phenoxy) is 1. The first-order chi connectivity index (χ1) is 8.45. The van der Waals surface area contributed by atoms with E-state index in [4.69, 9.17) is 0 Å². The van der Waals surface area contributed by atoms with Crippen molar-refractivity contribution in [1.82, 2.24) is 5.32 Å². The molecular formula is C11H15NO5S. The molecule has 7 heteroatoms. The Labute approximate surface area is 108 Å². The first-order valence-corrected chi connectivity index (χ1v) is 6.11. The van der Waals surface area contributed by atoms with Gasteiger partial charge in [-0.25, -0.2) is 4.79 Å². The highest BCUT2D eigenvalue weighted by Crippen LogP contribution is 2.25. The van der Waals surface area contributed by atoms with Crippen LogP contribution < -0.4 is 5.32 Å². The van der Waals surface area contributed by atoms with Crippen molar-refractivity contribution >= 4 is 23.2 Å². The zero-order valence-corrected chi connectivity index (χ0v) is 10.9. The van der Waals surface area contributed by atoms with Crippen LogP contribution in [0.15, 0.2) is 11.4 Å². The Hall–Kier alpha value is -1.44. The predicted molar refractivity (Wildman–Crippen MR) is 65.3 cm³/mol. The number of amides is 1. The molecule has 0 radical (unpaired) electrons. The molecule has 0 saturated heterocycles. The second-order valence-electron chi connectivity index (χ2n) is 3.68. The molecule has 0 aliphatic carbocycles. The third-order valence-corrected chi connectivity index (χ3v) is 3.26. The lowest BCUT2D eigenvalue weighted by Crippen LogP contribution is -2.33. The zero-order valence-electron chi connectivity index (χ0n) is 10.0. The van der Waals surface area contributed by atoms with Gasteiger partial charge in [0.2, 0.25) is 5.91 Å². The van der Waals surface area contributed by atoms with Gasteiger partial charge in [-0.05, 0) is 6.07 Å². The number of methoxy groups -OCH3 is 1. The van der Waals surface area contributed by atoms with Crippen LogP contribution in [-0.4, -0.2) is 41.8 Å². The molecule has 2 atom stereocenters. The Morgan fingerprint density at radius 2 is 2.17 bits per heavy atom. The molecule has 0 aliphatic heterocycles. The molecule has 6 nitrogen and oxygen atoms in total. The fourth-order valence-electron chi connectivity index (χ4n) is 1.28. The molecule has 100 valence electrons. The molecule has 0 spiro atoms. The van der Waals surface area contributed by atoms with Crippen LogP contribution in [-0.2, 0) is 9.53 Å². The molecule has 3 N–H and O–H groups in total. The van der Waals surface area contributed by atoms with Crippen molar-refractivity contribution in [2.45, 2.75) is 19.1 Å². The van der Waals surface area contributed by atoms with E-state index in [1.54, 1.807) is 0 Å². The van der Waals surface area contributed by atoms with Crippen molar-refractivity contribution < 1.29 is 24.5 Å². The minimum absolute atomic E-state index is 0.0536. The van der Waals surface area contributed by atoms with Crippen LogP contribution in [0.25, 0.3) is 0 Å². The third-order valence-electron chi connectivity index (χ3n) is 2.26. The maximum absolute atomic E-state index is 11.2. The number of esters is 1.